The van der Waals surface area contributed by atoms with E-state index in [1.807, 2.05) is 0 Å². The maximum absolute atomic E-state index is 12.2. The molecule has 106 valence electrons. The van der Waals surface area contributed by atoms with Gasteiger partial charge in [-0.1, -0.05) is 0 Å². The highest BCUT2D eigenvalue weighted by molar-refractivity contribution is 5.79. The molecule has 0 spiro atoms. The van der Waals surface area contributed by atoms with Gasteiger partial charge in [0.1, 0.15) is 0 Å². The highest BCUT2D eigenvalue weighted by Gasteiger charge is 2.14. The summed E-state index contributed by atoms with van der Waals surface area (Å²) in [6.07, 6.45) is 1.78. The predicted octanol–water partition coefficient (Wildman–Crippen LogP) is 1.47. The molecule has 1 aromatic carbocycles. The number of hydrogen-bond donors (Lipinski definition) is 1. The summed E-state index contributed by atoms with van der Waals surface area (Å²) >= 11 is 0. The predicted molar refractivity (Wildman–Crippen MR) is 73.6 cm³/mol. The number of hydrogen-bond acceptors (Lipinski definition) is 5. The van der Waals surface area contributed by atoms with Crippen LogP contribution in [0.15, 0.2) is 29.3 Å². The monoisotopic (exact) mass is 277 g/mol. The molecular weight excluding hydrogens is 262 g/mol. The first-order valence-corrected chi connectivity index (χ1v) is 6.14. The van der Waals surface area contributed by atoms with E-state index in [1.165, 1.54) is 29.1 Å². The van der Waals surface area contributed by atoms with Gasteiger partial charge in [0, 0.05) is 18.7 Å². The van der Waals surface area contributed by atoms with Crippen molar-refractivity contribution < 1.29 is 10.0 Å². The van der Waals surface area contributed by atoms with Gasteiger partial charge in [-0.05, 0) is 26.3 Å². The van der Waals surface area contributed by atoms with Crippen LogP contribution in [0, 0.1) is 10.1 Å². The number of aryl methyl sites for hydroxylation is 1. The minimum Gasteiger partial charge on any atom is -0.390 e. The second-order valence-corrected chi connectivity index (χ2v) is 5.26. The lowest BCUT2D eigenvalue weighted by atomic mass is 10.1. The van der Waals surface area contributed by atoms with E-state index < -0.39 is 10.5 Å². The van der Waals surface area contributed by atoms with Gasteiger partial charge in [0.2, 0.25) is 0 Å². The average Bonchev–Trinajstić information content (AvgIpc) is 2.36. The largest absolute Gasteiger partial charge is 0.390 e. The molecule has 20 heavy (non-hydrogen) atoms. The van der Waals surface area contributed by atoms with Crippen LogP contribution in [0.25, 0.3) is 10.9 Å². The average molecular weight is 277 g/mol. The van der Waals surface area contributed by atoms with Crippen molar-refractivity contribution in [3.05, 3.63) is 45.0 Å². The fourth-order valence-corrected chi connectivity index (χ4v) is 1.81. The van der Waals surface area contributed by atoms with E-state index in [9.17, 15) is 20.0 Å². The van der Waals surface area contributed by atoms with E-state index in [2.05, 4.69) is 4.98 Å². The maximum atomic E-state index is 12.2. The Balaban J connectivity index is 2.46. The second kappa shape index (κ2) is 5.01. The Labute approximate surface area is 114 Å². The highest BCUT2D eigenvalue weighted by Crippen LogP contribution is 2.16. The molecule has 0 atom stereocenters. The summed E-state index contributed by atoms with van der Waals surface area (Å²) in [7, 11) is 0. The molecule has 0 bridgehead atoms. The van der Waals surface area contributed by atoms with Crippen LogP contribution in [0.1, 0.15) is 20.3 Å². The van der Waals surface area contributed by atoms with Crippen molar-refractivity contribution in [1.29, 1.82) is 0 Å². The first-order chi connectivity index (χ1) is 9.28. The van der Waals surface area contributed by atoms with Crippen LogP contribution in [0.3, 0.4) is 0 Å². The van der Waals surface area contributed by atoms with Crippen LogP contribution in [-0.2, 0) is 6.54 Å². The number of aliphatic hydroxyl groups is 1. The van der Waals surface area contributed by atoms with Crippen molar-refractivity contribution >= 4 is 16.6 Å². The van der Waals surface area contributed by atoms with Gasteiger partial charge in [0.25, 0.3) is 11.2 Å². The summed E-state index contributed by atoms with van der Waals surface area (Å²) in [5, 5.41) is 20.6. The van der Waals surface area contributed by atoms with Crippen molar-refractivity contribution in [1.82, 2.24) is 9.55 Å². The third kappa shape index (κ3) is 3.00. The molecule has 2 rings (SSSR count). The number of nitro benzene ring substituents is 1. The van der Waals surface area contributed by atoms with E-state index in [1.54, 1.807) is 13.8 Å². The van der Waals surface area contributed by atoms with Gasteiger partial charge in [0.05, 0.1) is 27.8 Å². The van der Waals surface area contributed by atoms with Crippen molar-refractivity contribution in [2.75, 3.05) is 0 Å². The van der Waals surface area contributed by atoms with Gasteiger partial charge >= 0.3 is 0 Å². The molecule has 0 saturated heterocycles. The molecule has 0 aliphatic rings. The molecule has 0 unspecified atom stereocenters. The minimum absolute atomic E-state index is 0.142. The normalized spacial score (nSPS) is 11.8. The van der Waals surface area contributed by atoms with Crippen molar-refractivity contribution in [3.8, 4) is 0 Å². The van der Waals surface area contributed by atoms with Gasteiger partial charge < -0.3 is 5.11 Å². The van der Waals surface area contributed by atoms with Crippen LogP contribution in [0.5, 0.6) is 0 Å². The molecule has 7 heteroatoms. The fourth-order valence-electron chi connectivity index (χ4n) is 1.81. The molecule has 2 aromatic rings. The minimum atomic E-state index is -0.892. The van der Waals surface area contributed by atoms with Crippen LogP contribution in [-0.4, -0.2) is 25.2 Å². The molecule has 1 heterocycles. The standard InChI is InChI=1S/C13H15N3O4/c1-13(2,18)5-6-15-8-14-11-4-3-9(16(19)20)7-10(11)12(15)17/h3-4,7-8,18H,5-6H2,1-2H3. The quantitative estimate of drug-likeness (QED) is 0.674. The number of nitro groups is 1. The Bertz CT molecular complexity index is 716. The molecule has 0 aliphatic carbocycles. The smallest absolute Gasteiger partial charge is 0.270 e. The number of non-ortho nitro benzene ring substituents is 1. The van der Waals surface area contributed by atoms with E-state index in [4.69, 9.17) is 0 Å². The summed E-state index contributed by atoms with van der Waals surface area (Å²) in [5.74, 6) is 0. The molecule has 0 amide bonds. The first kappa shape index (κ1) is 14.1. The molecular formula is C13H15N3O4. The summed E-state index contributed by atoms with van der Waals surface area (Å²) in [4.78, 5) is 26.5. The van der Waals surface area contributed by atoms with Crippen LogP contribution in [0.4, 0.5) is 5.69 Å². The van der Waals surface area contributed by atoms with Crippen molar-refractivity contribution in [3.63, 3.8) is 0 Å². The lowest BCUT2D eigenvalue weighted by molar-refractivity contribution is -0.384. The number of fused-ring (bicyclic) bond motifs is 1. The van der Waals surface area contributed by atoms with Gasteiger partial charge in [-0.2, -0.15) is 0 Å². The molecule has 1 aromatic heterocycles. The molecule has 1 N–H and O–H groups in total. The third-order valence-electron chi connectivity index (χ3n) is 2.98. The number of aromatic nitrogens is 2. The Morgan fingerprint density at radius 2 is 2.15 bits per heavy atom. The summed E-state index contributed by atoms with van der Waals surface area (Å²) in [6, 6.07) is 4.00. The van der Waals surface area contributed by atoms with Gasteiger partial charge in [0.15, 0.2) is 0 Å². The lowest BCUT2D eigenvalue weighted by Crippen LogP contribution is -2.26. The molecule has 0 fully saturated rings. The molecule has 0 radical (unpaired) electrons. The zero-order valence-electron chi connectivity index (χ0n) is 11.2. The molecule has 0 saturated carbocycles. The SMILES string of the molecule is CC(C)(O)CCn1cnc2ccc([N+](=O)[O-])cc2c1=O. The van der Waals surface area contributed by atoms with Crippen LogP contribution >= 0.6 is 0 Å². The highest BCUT2D eigenvalue weighted by atomic mass is 16.6. The Morgan fingerprint density at radius 3 is 2.75 bits per heavy atom. The van der Waals surface area contributed by atoms with E-state index in [-0.39, 0.29) is 16.6 Å². The van der Waals surface area contributed by atoms with Gasteiger partial charge in [-0.15, -0.1) is 0 Å². The maximum Gasteiger partial charge on any atom is 0.270 e. The Hall–Kier alpha value is -2.28. The zero-order chi connectivity index (χ0) is 14.9. The van der Waals surface area contributed by atoms with Crippen LogP contribution in [0.2, 0.25) is 0 Å². The number of benzene rings is 1. The van der Waals surface area contributed by atoms with Gasteiger partial charge in [-0.25, -0.2) is 4.98 Å². The third-order valence-corrected chi connectivity index (χ3v) is 2.98. The van der Waals surface area contributed by atoms with Gasteiger partial charge in [-0.3, -0.25) is 19.5 Å². The molecule has 7 nitrogen and oxygen atoms in total. The number of nitrogens with zero attached hydrogens (tertiary/aromatic N) is 3. The Morgan fingerprint density at radius 1 is 1.45 bits per heavy atom. The number of rotatable bonds is 4. The summed E-state index contributed by atoms with van der Waals surface area (Å²) in [5.41, 5.74) is -0.962. The first-order valence-electron chi connectivity index (χ1n) is 6.14. The topological polar surface area (TPSA) is 98.3 Å². The summed E-state index contributed by atoms with van der Waals surface area (Å²) < 4.78 is 1.35. The van der Waals surface area contributed by atoms with Crippen molar-refractivity contribution in [2.24, 2.45) is 0 Å². The Kier molecular flexibility index (Phi) is 3.54. The lowest BCUT2D eigenvalue weighted by Gasteiger charge is -2.17. The zero-order valence-corrected chi connectivity index (χ0v) is 11.2. The van der Waals surface area contributed by atoms with E-state index >= 15 is 0 Å². The van der Waals surface area contributed by atoms with Crippen LogP contribution < -0.4 is 5.56 Å². The summed E-state index contributed by atoms with van der Waals surface area (Å²) in [6.45, 7) is 3.60. The van der Waals surface area contributed by atoms with E-state index in [0.717, 1.165) is 0 Å². The molecule has 0 aliphatic heterocycles. The van der Waals surface area contributed by atoms with E-state index in [0.29, 0.717) is 18.5 Å². The van der Waals surface area contributed by atoms with Crippen molar-refractivity contribution in [2.45, 2.75) is 32.4 Å². The fraction of sp³-hybridized carbons (Fsp3) is 0.385. The second-order valence-electron chi connectivity index (χ2n) is 5.26.